The molecule has 0 unspecified atom stereocenters. The lowest BCUT2D eigenvalue weighted by molar-refractivity contribution is 0.0511. The number of carbonyl (C=O) groups is 1. The molecule has 0 aliphatic heterocycles. The number of nitrogens with zero attached hydrogens (tertiary/aromatic N) is 1. The Labute approximate surface area is 90.5 Å². The van der Waals surface area contributed by atoms with Crippen molar-refractivity contribution in [2.24, 2.45) is 7.05 Å². The van der Waals surface area contributed by atoms with E-state index in [4.69, 9.17) is 0 Å². The Morgan fingerprint density at radius 1 is 1.50 bits per heavy atom. The molecule has 6 heteroatoms. The third-order valence-electron chi connectivity index (χ3n) is 2.06. The molecule has 1 aromatic heterocycles. The molecule has 0 radical (unpaired) electrons. The first-order valence-corrected chi connectivity index (χ1v) is 4.64. The van der Waals surface area contributed by atoms with E-state index < -0.39 is 23.6 Å². The third kappa shape index (κ3) is 2.26. The quantitative estimate of drug-likeness (QED) is 0.740. The van der Waals surface area contributed by atoms with Gasteiger partial charge < -0.3 is 9.30 Å². The van der Waals surface area contributed by atoms with Gasteiger partial charge in [-0.05, 0) is 13.0 Å². The van der Waals surface area contributed by atoms with Crippen molar-refractivity contribution in [1.82, 2.24) is 4.57 Å². The van der Waals surface area contributed by atoms with Crippen LogP contribution in [0.25, 0.3) is 0 Å². The smallest absolute Gasteiger partial charge is 0.340 e. The molecule has 0 amide bonds. The molecule has 0 aliphatic rings. The standard InChI is InChI=1S/C10H11F2NO3/c1-3-16-10(15)6-4-5-7(14)13(2)8(6)9(11)12/h4-5,9H,3H2,1-2H3. The molecule has 1 aromatic rings. The van der Waals surface area contributed by atoms with Gasteiger partial charge in [0.15, 0.2) is 0 Å². The summed E-state index contributed by atoms with van der Waals surface area (Å²) >= 11 is 0. The maximum Gasteiger partial charge on any atom is 0.340 e. The lowest BCUT2D eigenvalue weighted by atomic mass is 10.2. The second-order valence-corrected chi connectivity index (χ2v) is 3.05. The van der Waals surface area contributed by atoms with Crippen LogP contribution in [0.15, 0.2) is 16.9 Å². The van der Waals surface area contributed by atoms with Crippen LogP contribution in [0.5, 0.6) is 0 Å². The number of rotatable bonds is 3. The summed E-state index contributed by atoms with van der Waals surface area (Å²) in [5.41, 5.74) is -1.49. The lowest BCUT2D eigenvalue weighted by Gasteiger charge is -2.11. The van der Waals surface area contributed by atoms with Crippen LogP contribution in [0.2, 0.25) is 0 Å². The van der Waals surface area contributed by atoms with Crippen LogP contribution in [0.1, 0.15) is 29.4 Å². The number of halogens is 2. The van der Waals surface area contributed by atoms with Gasteiger partial charge in [-0.25, -0.2) is 13.6 Å². The number of hydrogen-bond acceptors (Lipinski definition) is 3. The highest BCUT2D eigenvalue weighted by molar-refractivity contribution is 5.90. The zero-order valence-corrected chi connectivity index (χ0v) is 8.87. The van der Waals surface area contributed by atoms with E-state index >= 15 is 0 Å². The lowest BCUT2D eigenvalue weighted by Crippen LogP contribution is -2.23. The molecule has 0 saturated carbocycles. The molecule has 0 saturated heterocycles. The first-order valence-electron chi connectivity index (χ1n) is 4.64. The van der Waals surface area contributed by atoms with E-state index in [1.807, 2.05) is 0 Å². The van der Waals surface area contributed by atoms with Gasteiger partial charge in [0.1, 0.15) is 5.69 Å². The van der Waals surface area contributed by atoms with Gasteiger partial charge in [0.25, 0.3) is 12.0 Å². The molecule has 0 fully saturated rings. The molecular formula is C10H11F2NO3. The fourth-order valence-electron chi connectivity index (χ4n) is 1.30. The number of esters is 1. The van der Waals surface area contributed by atoms with E-state index in [0.29, 0.717) is 0 Å². The van der Waals surface area contributed by atoms with Gasteiger partial charge in [-0.2, -0.15) is 0 Å². The molecule has 4 nitrogen and oxygen atoms in total. The highest BCUT2D eigenvalue weighted by Crippen LogP contribution is 2.21. The molecule has 0 N–H and O–H groups in total. The van der Waals surface area contributed by atoms with Crippen molar-refractivity contribution in [3.63, 3.8) is 0 Å². The fourth-order valence-corrected chi connectivity index (χ4v) is 1.30. The number of hydrogen-bond donors (Lipinski definition) is 0. The molecule has 88 valence electrons. The van der Waals surface area contributed by atoms with E-state index in [1.165, 1.54) is 7.05 Å². The number of aromatic nitrogens is 1. The first kappa shape index (κ1) is 12.4. The van der Waals surface area contributed by atoms with Crippen molar-refractivity contribution < 1.29 is 18.3 Å². The van der Waals surface area contributed by atoms with Gasteiger partial charge >= 0.3 is 5.97 Å². The highest BCUT2D eigenvalue weighted by Gasteiger charge is 2.22. The Morgan fingerprint density at radius 3 is 2.62 bits per heavy atom. The van der Waals surface area contributed by atoms with Crippen LogP contribution in [0.3, 0.4) is 0 Å². The Kier molecular flexibility index (Phi) is 3.76. The van der Waals surface area contributed by atoms with E-state index in [1.54, 1.807) is 6.92 Å². The summed E-state index contributed by atoms with van der Waals surface area (Å²) in [6, 6.07) is 2.11. The largest absolute Gasteiger partial charge is 0.462 e. The van der Waals surface area contributed by atoms with Crippen molar-refractivity contribution in [2.75, 3.05) is 6.61 Å². The summed E-state index contributed by atoms with van der Waals surface area (Å²) in [7, 11) is 1.19. The number of ether oxygens (including phenoxy) is 1. The molecule has 0 bridgehead atoms. The predicted molar refractivity (Wildman–Crippen MR) is 52.6 cm³/mol. The van der Waals surface area contributed by atoms with Gasteiger partial charge in [0.2, 0.25) is 0 Å². The highest BCUT2D eigenvalue weighted by atomic mass is 19.3. The third-order valence-corrected chi connectivity index (χ3v) is 2.06. The zero-order valence-electron chi connectivity index (χ0n) is 8.87. The molecule has 0 atom stereocenters. The molecule has 1 rings (SSSR count). The summed E-state index contributed by atoms with van der Waals surface area (Å²) in [5, 5.41) is 0. The van der Waals surface area contributed by atoms with Gasteiger partial charge in [0.05, 0.1) is 12.2 Å². The summed E-state index contributed by atoms with van der Waals surface area (Å²) in [5.74, 6) is -0.853. The van der Waals surface area contributed by atoms with Crippen molar-refractivity contribution >= 4 is 5.97 Å². The van der Waals surface area contributed by atoms with Gasteiger partial charge in [-0.15, -0.1) is 0 Å². The Balaban J connectivity index is 3.34. The van der Waals surface area contributed by atoms with Gasteiger partial charge in [-0.3, -0.25) is 4.79 Å². The number of pyridine rings is 1. The average Bonchev–Trinajstić information content (AvgIpc) is 2.21. The first-order chi connectivity index (χ1) is 7.49. The Morgan fingerprint density at radius 2 is 2.12 bits per heavy atom. The fraction of sp³-hybridized carbons (Fsp3) is 0.400. The Bertz CT molecular complexity index is 454. The predicted octanol–water partition coefficient (Wildman–Crippen LogP) is 1.50. The van der Waals surface area contributed by atoms with Crippen LogP contribution in [-0.4, -0.2) is 17.1 Å². The molecule has 1 heterocycles. The second kappa shape index (κ2) is 4.87. The van der Waals surface area contributed by atoms with Crippen LogP contribution < -0.4 is 5.56 Å². The van der Waals surface area contributed by atoms with Crippen LogP contribution in [-0.2, 0) is 11.8 Å². The number of carbonyl (C=O) groups excluding carboxylic acids is 1. The van der Waals surface area contributed by atoms with Crippen LogP contribution in [0.4, 0.5) is 8.78 Å². The van der Waals surface area contributed by atoms with Crippen molar-refractivity contribution in [3.05, 3.63) is 33.7 Å². The molecule has 0 aliphatic carbocycles. The number of alkyl halides is 2. The van der Waals surface area contributed by atoms with Crippen molar-refractivity contribution in [1.29, 1.82) is 0 Å². The topological polar surface area (TPSA) is 48.3 Å². The van der Waals surface area contributed by atoms with Gasteiger partial charge in [0, 0.05) is 13.1 Å². The van der Waals surface area contributed by atoms with Crippen LogP contribution >= 0.6 is 0 Å². The summed E-state index contributed by atoms with van der Waals surface area (Å²) in [6.07, 6.45) is -2.90. The van der Waals surface area contributed by atoms with E-state index in [2.05, 4.69) is 4.74 Å². The van der Waals surface area contributed by atoms with Gasteiger partial charge in [-0.1, -0.05) is 0 Å². The average molecular weight is 231 g/mol. The zero-order chi connectivity index (χ0) is 12.3. The maximum absolute atomic E-state index is 12.7. The summed E-state index contributed by atoms with van der Waals surface area (Å²) in [4.78, 5) is 22.5. The maximum atomic E-state index is 12.7. The summed E-state index contributed by atoms with van der Waals surface area (Å²) in [6.45, 7) is 1.66. The van der Waals surface area contributed by atoms with E-state index in [0.717, 1.165) is 16.7 Å². The van der Waals surface area contributed by atoms with Crippen molar-refractivity contribution in [2.45, 2.75) is 13.3 Å². The molecule has 0 aromatic carbocycles. The summed E-state index contributed by atoms with van der Waals surface area (Å²) < 4.78 is 30.8. The van der Waals surface area contributed by atoms with Crippen LogP contribution in [0, 0.1) is 0 Å². The Hall–Kier alpha value is -1.72. The van der Waals surface area contributed by atoms with E-state index in [-0.39, 0.29) is 12.2 Å². The monoisotopic (exact) mass is 231 g/mol. The molecule has 16 heavy (non-hydrogen) atoms. The second-order valence-electron chi connectivity index (χ2n) is 3.05. The minimum atomic E-state index is -2.90. The minimum Gasteiger partial charge on any atom is -0.462 e. The normalized spacial score (nSPS) is 10.6. The molecular weight excluding hydrogens is 220 g/mol. The SMILES string of the molecule is CCOC(=O)c1ccc(=O)n(C)c1C(F)F. The van der Waals surface area contributed by atoms with Crippen molar-refractivity contribution in [3.8, 4) is 0 Å². The minimum absolute atomic E-state index is 0.0877. The van der Waals surface area contributed by atoms with E-state index in [9.17, 15) is 18.4 Å². The molecule has 0 spiro atoms.